The van der Waals surface area contributed by atoms with Gasteiger partial charge in [-0.25, -0.2) is 0 Å². The van der Waals surface area contributed by atoms with Crippen LogP contribution >= 0.6 is 15.9 Å². The fourth-order valence-corrected chi connectivity index (χ4v) is 2.92. The first-order valence-corrected chi connectivity index (χ1v) is 9.31. The maximum Gasteiger partial charge on any atom is 0.0818 e. The van der Waals surface area contributed by atoms with Crippen LogP contribution in [0, 0.1) is 5.41 Å². The van der Waals surface area contributed by atoms with Gasteiger partial charge in [-0.2, -0.15) is 0 Å². The van der Waals surface area contributed by atoms with E-state index < -0.39 is 6.10 Å². The molecule has 1 aromatic rings. The molecule has 0 radical (unpaired) electrons. The second-order valence-corrected chi connectivity index (χ2v) is 7.66. The zero-order valence-corrected chi connectivity index (χ0v) is 15.5. The van der Waals surface area contributed by atoms with Crippen molar-refractivity contribution in [2.75, 3.05) is 18.4 Å². The van der Waals surface area contributed by atoms with Gasteiger partial charge in [0.2, 0.25) is 0 Å². The van der Waals surface area contributed by atoms with Crippen molar-refractivity contribution in [1.29, 1.82) is 0 Å². The molecule has 2 unspecified atom stereocenters. The third kappa shape index (κ3) is 8.28. The third-order valence-corrected chi connectivity index (χ3v) is 4.56. The van der Waals surface area contributed by atoms with Crippen molar-refractivity contribution >= 4 is 15.9 Å². The van der Waals surface area contributed by atoms with E-state index in [1.54, 1.807) is 0 Å². The monoisotopic (exact) mass is 370 g/mol. The van der Waals surface area contributed by atoms with Gasteiger partial charge in [0.25, 0.3) is 0 Å². The van der Waals surface area contributed by atoms with E-state index in [9.17, 15) is 5.11 Å². The molecule has 4 N–H and O–H groups in total. The number of nitrogens with one attached hydrogen (secondary N) is 1. The van der Waals surface area contributed by atoms with Crippen LogP contribution in [0.25, 0.3) is 0 Å². The molecule has 126 valence electrons. The summed E-state index contributed by atoms with van der Waals surface area (Å²) in [6, 6.07) is 9.86. The van der Waals surface area contributed by atoms with Gasteiger partial charge in [0.05, 0.1) is 6.10 Å². The lowest BCUT2D eigenvalue weighted by Crippen LogP contribution is -2.44. The van der Waals surface area contributed by atoms with Gasteiger partial charge in [0, 0.05) is 24.5 Å². The molecule has 0 heterocycles. The van der Waals surface area contributed by atoms with Crippen LogP contribution in [-0.2, 0) is 6.42 Å². The summed E-state index contributed by atoms with van der Waals surface area (Å²) in [6.07, 6.45) is 3.83. The van der Waals surface area contributed by atoms with E-state index in [0.717, 1.165) is 11.9 Å². The van der Waals surface area contributed by atoms with Crippen LogP contribution in [0.15, 0.2) is 30.3 Å². The minimum absolute atomic E-state index is 0.230. The molecule has 0 aliphatic heterocycles. The second kappa shape index (κ2) is 10.4. The lowest BCUT2D eigenvalue weighted by Gasteiger charge is -2.27. The topological polar surface area (TPSA) is 58.3 Å². The van der Waals surface area contributed by atoms with Crippen LogP contribution < -0.4 is 11.1 Å². The lowest BCUT2D eigenvalue weighted by atomic mass is 9.87. The molecular weight excluding hydrogens is 340 g/mol. The van der Waals surface area contributed by atoms with Gasteiger partial charge in [0.15, 0.2) is 0 Å². The minimum Gasteiger partial charge on any atom is -0.390 e. The van der Waals surface area contributed by atoms with Crippen molar-refractivity contribution in [3.63, 3.8) is 0 Å². The number of aliphatic hydroxyl groups excluding tert-OH is 1. The molecule has 0 bridgehead atoms. The summed E-state index contributed by atoms with van der Waals surface area (Å²) < 4.78 is 0. The SMILES string of the molecule is CC(C)(CCCCBr)CNCC(O)C(N)Cc1ccccc1. The third-order valence-electron chi connectivity index (χ3n) is 4.00. The van der Waals surface area contributed by atoms with E-state index in [-0.39, 0.29) is 11.5 Å². The summed E-state index contributed by atoms with van der Waals surface area (Å²) in [5.41, 5.74) is 7.53. The molecule has 4 heteroatoms. The smallest absolute Gasteiger partial charge is 0.0818 e. The Hall–Kier alpha value is -0.420. The predicted molar refractivity (Wildman–Crippen MR) is 98.4 cm³/mol. The molecule has 22 heavy (non-hydrogen) atoms. The minimum atomic E-state index is -0.515. The summed E-state index contributed by atoms with van der Waals surface area (Å²) in [5.74, 6) is 0. The summed E-state index contributed by atoms with van der Waals surface area (Å²) in [4.78, 5) is 0. The van der Waals surface area contributed by atoms with Gasteiger partial charge in [0.1, 0.15) is 0 Å². The Balaban J connectivity index is 2.25. The van der Waals surface area contributed by atoms with Crippen molar-refractivity contribution in [2.45, 2.75) is 51.7 Å². The van der Waals surface area contributed by atoms with Crippen LogP contribution in [0.4, 0.5) is 0 Å². The molecule has 0 saturated carbocycles. The highest BCUT2D eigenvalue weighted by atomic mass is 79.9. The van der Waals surface area contributed by atoms with Gasteiger partial charge < -0.3 is 16.2 Å². The Morgan fingerprint density at radius 1 is 1.23 bits per heavy atom. The number of aliphatic hydroxyl groups is 1. The highest BCUT2D eigenvalue weighted by Crippen LogP contribution is 2.22. The summed E-state index contributed by atoms with van der Waals surface area (Å²) in [5, 5.41) is 14.6. The number of alkyl halides is 1. The van der Waals surface area contributed by atoms with E-state index in [4.69, 9.17) is 5.73 Å². The number of hydrogen-bond donors (Lipinski definition) is 3. The zero-order valence-electron chi connectivity index (χ0n) is 13.9. The van der Waals surface area contributed by atoms with Gasteiger partial charge >= 0.3 is 0 Å². The Labute approximate surface area is 143 Å². The first-order valence-electron chi connectivity index (χ1n) is 8.19. The van der Waals surface area contributed by atoms with Crippen LogP contribution in [0.1, 0.15) is 38.7 Å². The number of nitrogens with two attached hydrogens (primary N) is 1. The molecule has 0 aromatic heterocycles. The van der Waals surface area contributed by atoms with Gasteiger partial charge in [-0.15, -0.1) is 0 Å². The quantitative estimate of drug-likeness (QED) is 0.414. The molecule has 3 nitrogen and oxygen atoms in total. The Morgan fingerprint density at radius 2 is 1.91 bits per heavy atom. The van der Waals surface area contributed by atoms with E-state index >= 15 is 0 Å². The fraction of sp³-hybridized carbons (Fsp3) is 0.667. The van der Waals surface area contributed by atoms with Gasteiger partial charge in [-0.05, 0) is 30.2 Å². The number of hydrogen-bond acceptors (Lipinski definition) is 3. The van der Waals surface area contributed by atoms with Crippen LogP contribution in [0.2, 0.25) is 0 Å². The van der Waals surface area contributed by atoms with Crippen molar-refractivity contribution in [1.82, 2.24) is 5.32 Å². The average molecular weight is 371 g/mol. The molecule has 1 rings (SSSR count). The second-order valence-electron chi connectivity index (χ2n) is 6.86. The Morgan fingerprint density at radius 3 is 2.55 bits per heavy atom. The maximum atomic E-state index is 10.2. The van der Waals surface area contributed by atoms with E-state index in [0.29, 0.717) is 13.0 Å². The molecule has 2 atom stereocenters. The van der Waals surface area contributed by atoms with Crippen molar-refractivity contribution < 1.29 is 5.11 Å². The molecule has 0 aliphatic rings. The lowest BCUT2D eigenvalue weighted by molar-refractivity contribution is 0.136. The largest absolute Gasteiger partial charge is 0.390 e. The van der Waals surface area contributed by atoms with Crippen molar-refractivity contribution in [2.24, 2.45) is 11.1 Å². The first kappa shape index (κ1) is 19.6. The molecule has 0 fully saturated rings. The Bertz CT molecular complexity index is 397. The fourth-order valence-electron chi connectivity index (χ4n) is 2.52. The molecule has 0 saturated heterocycles. The first-order chi connectivity index (χ1) is 10.4. The van der Waals surface area contributed by atoms with E-state index in [2.05, 4.69) is 35.1 Å². The Kier molecular flexibility index (Phi) is 9.25. The molecule has 0 spiro atoms. The van der Waals surface area contributed by atoms with Gasteiger partial charge in [-0.1, -0.05) is 66.5 Å². The molecular formula is C18H31BrN2O. The van der Waals surface area contributed by atoms with E-state index in [1.807, 2.05) is 30.3 Å². The standard InChI is InChI=1S/C18H31BrN2O/c1-18(2,10-6-7-11-19)14-21-13-17(22)16(20)12-15-8-4-3-5-9-15/h3-5,8-9,16-17,21-22H,6-7,10-14,20H2,1-2H3. The molecule has 0 amide bonds. The summed E-state index contributed by atoms with van der Waals surface area (Å²) in [6.45, 7) is 6.00. The molecule has 0 aliphatic carbocycles. The normalized spacial score (nSPS) is 14.8. The number of rotatable bonds is 11. The van der Waals surface area contributed by atoms with E-state index in [1.165, 1.54) is 24.8 Å². The van der Waals surface area contributed by atoms with Crippen LogP contribution in [-0.4, -0.2) is 35.7 Å². The predicted octanol–water partition coefficient (Wildman–Crippen LogP) is 3.10. The number of halogens is 1. The summed E-state index contributed by atoms with van der Waals surface area (Å²) in [7, 11) is 0. The van der Waals surface area contributed by atoms with Crippen molar-refractivity contribution in [3.8, 4) is 0 Å². The van der Waals surface area contributed by atoms with Crippen LogP contribution in [0.5, 0.6) is 0 Å². The highest BCUT2D eigenvalue weighted by Gasteiger charge is 2.19. The number of benzene rings is 1. The maximum absolute atomic E-state index is 10.2. The highest BCUT2D eigenvalue weighted by molar-refractivity contribution is 9.09. The number of unbranched alkanes of at least 4 members (excludes halogenated alkanes) is 1. The van der Waals surface area contributed by atoms with Crippen LogP contribution in [0.3, 0.4) is 0 Å². The van der Waals surface area contributed by atoms with Gasteiger partial charge in [-0.3, -0.25) is 0 Å². The summed E-state index contributed by atoms with van der Waals surface area (Å²) >= 11 is 3.47. The van der Waals surface area contributed by atoms with Crippen molar-refractivity contribution in [3.05, 3.63) is 35.9 Å². The average Bonchev–Trinajstić information content (AvgIpc) is 2.48. The zero-order chi connectivity index (χ0) is 16.4. The molecule has 1 aromatic carbocycles.